The summed E-state index contributed by atoms with van der Waals surface area (Å²) in [5.74, 6) is -0.142. The highest BCUT2D eigenvalue weighted by atomic mass is 16.2. The van der Waals surface area contributed by atoms with E-state index in [4.69, 9.17) is 0 Å². The lowest BCUT2D eigenvalue weighted by Crippen LogP contribution is -2.25. The molecule has 0 aromatic heterocycles. The SMILES string of the molecule is CCN(CC)c1ccc(C(=O)Nc2ccc3c4c(cccc24)C(=O)N3CC)cc1. The van der Waals surface area contributed by atoms with Gasteiger partial charge in [0.25, 0.3) is 11.8 Å². The maximum Gasteiger partial charge on any atom is 0.258 e. The number of amides is 2. The first-order valence-electron chi connectivity index (χ1n) is 10.1. The predicted molar refractivity (Wildman–Crippen MR) is 119 cm³/mol. The summed E-state index contributed by atoms with van der Waals surface area (Å²) in [6.07, 6.45) is 0. The van der Waals surface area contributed by atoms with Crippen LogP contribution in [0.5, 0.6) is 0 Å². The standard InChI is InChI=1S/C24H25N3O2/c1-4-26(5-2)17-12-10-16(11-13-17)23(28)25-20-14-15-21-22-18(20)8-7-9-19(22)24(29)27(21)6-3/h7-15H,4-6H2,1-3H3,(H,25,28). The number of hydrogen-bond acceptors (Lipinski definition) is 3. The third kappa shape index (κ3) is 3.12. The Kier molecular flexibility index (Phi) is 4.97. The largest absolute Gasteiger partial charge is 0.372 e. The number of carbonyl (C=O) groups excluding carboxylic acids is 2. The molecule has 3 aromatic rings. The Hall–Kier alpha value is -3.34. The number of nitrogens with zero attached hydrogens (tertiary/aromatic N) is 2. The van der Waals surface area contributed by atoms with Gasteiger partial charge in [-0.1, -0.05) is 12.1 Å². The quantitative estimate of drug-likeness (QED) is 0.653. The molecular weight excluding hydrogens is 362 g/mol. The summed E-state index contributed by atoms with van der Waals surface area (Å²) in [6.45, 7) is 8.67. The average molecular weight is 387 g/mol. The van der Waals surface area contributed by atoms with Crippen LogP contribution in [0.2, 0.25) is 0 Å². The molecule has 1 aliphatic heterocycles. The summed E-state index contributed by atoms with van der Waals surface area (Å²) < 4.78 is 0. The molecule has 1 aliphatic rings. The summed E-state index contributed by atoms with van der Waals surface area (Å²) in [7, 11) is 0. The van der Waals surface area contributed by atoms with Gasteiger partial charge in [-0.2, -0.15) is 0 Å². The number of hydrogen-bond donors (Lipinski definition) is 1. The lowest BCUT2D eigenvalue weighted by atomic mass is 10.0. The van der Waals surface area contributed by atoms with Gasteiger partial charge in [0.2, 0.25) is 0 Å². The number of benzene rings is 3. The van der Waals surface area contributed by atoms with Crippen molar-refractivity contribution in [1.82, 2.24) is 0 Å². The van der Waals surface area contributed by atoms with E-state index in [9.17, 15) is 9.59 Å². The molecule has 5 nitrogen and oxygen atoms in total. The average Bonchev–Trinajstić information content (AvgIpc) is 3.04. The number of rotatable bonds is 6. The minimum Gasteiger partial charge on any atom is -0.372 e. The van der Waals surface area contributed by atoms with Gasteiger partial charge in [0, 0.05) is 52.9 Å². The molecule has 5 heteroatoms. The molecule has 0 fully saturated rings. The Balaban J connectivity index is 1.65. The number of anilines is 3. The highest BCUT2D eigenvalue weighted by molar-refractivity contribution is 6.27. The molecule has 1 heterocycles. The smallest absolute Gasteiger partial charge is 0.258 e. The Morgan fingerprint density at radius 3 is 2.34 bits per heavy atom. The van der Waals surface area contributed by atoms with Gasteiger partial charge in [0.15, 0.2) is 0 Å². The molecule has 0 spiro atoms. The van der Waals surface area contributed by atoms with Crippen LogP contribution in [-0.4, -0.2) is 31.4 Å². The minimum absolute atomic E-state index is 0.0172. The van der Waals surface area contributed by atoms with Crippen LogP contribution in [-0.2, 0) is 0 Å². The van der Waals surface area contributed by atoms with Gasteiger partial charge in [-0.25, -0.2) is 0 Å². The van der Waals surface area contributed by atoms with Gasteiger partial charge in [0.05, 0.1) is 5.69 Å². The normalized spacial score (nSPS) is 12.5. The second-order valence-corrected chi connectivity index (χ2v) is 7.08. The van der Waals surface area contributed by atoms with Crippen LogP contribution >= 0.6 is 0 Å². The summed E-state index contributed by atoms with van der Waals surface area (Å²) in [5, 5.41) is 4.82. The first-order chi connectivity index (χ1) is 14.1. The second-order valence-electron chi connectivity index (χ2n) is 7.08. The molecule has 0 atom stereocenters. The predicted octanol–water partition coefficient (Wildman–Crippen LogP) is 4.92. The molecule has 148 valence electrons. The van der Waals surface area contributed by atoms with E-state index in [-0.39, 0.29) is 11.8 Å². The van der Waals surface area contributed by atoms with Crippen molar-refractivity contribution in [3.05, 3.63) is 65.7 Å². The zero-order valence-electron chi connectivity index (χ0n) is 17.0. The highest BCUT2D eigenvalue weighted by Crippen LogP contribution is 2.40. The fourth-order valence-corrected chi connectivity index (χ4v) is 4.08. The fraction of sp³-hybridized carbons (Fsp3) is 0.250. The van der Waals surface area contributed by atoms with Gasteiger partial charge in [0.1, 0.15) is 0 Å². The maximum absolute atomic E-state index is 12.8. The van der Waals surface area contributed by atoms with Crippen molar-refractivity contribution in [1.29, 1.82) is 0 Å². The summed E-state index contributed by atoms with van der Waals surface area (Å²) in [6, 6.07) is 17.1. The first-order valence-corrected chi connectivity index (χ1v) is 10.1. The van der Waals surface area contributed by atoms with E-state index in [1.54, 1.807) is 4.90 Å². The van der Waals surface area contributed by atoms with Crippen LogP contribution in [0.25, 0.3) is 10.8 Å². The zero-order valence-corrected chi connectivity index (χ0v) is 17.0. The number of carbonyl (C=O) groups is 2. The topological polar surface area (TPSA) is 52.7 Å². The highest BCUT2D eigenvalue weighted by Gasteiger charge is 2.29. The third-order valence-electron chi connectivity index (χ3n) is 5.61. The molecular formula is C24H25N3O2. The van der Waals surface area contributed by atoms with Crippen molar-refractivity contribution in [2.75, 3.05) is 34.8 Å². The molecule has 1 N–H and O–H groups in total. The molecule has 0 aliphatic carbocycles. The van der Waals surface area contributed by atoms with Gasteiger partial charge in [-0.15, -0.1) is 0 Å². The van der Waals surface area contributed by atoms with Crippen molar-refractivity contribution in [2.24, 2.45) is 0 Å². The van der Waals surface area contributed by atoms with E-state index < -0.39 is 0 Å². The van der Waals surface area contributed by atoms with Gasteiger partial charge in [-0.05, 0) is 63.2 Å². The van der Waals surface area contributed by atoms with E-state index in [2.05, 4.69) is 24.1 Å². The van der Waals surface area contributed by atoms with Gasteiger partial charge in [-0.3, -0.25) is 9.59 Å². The van der Waals surface area contributed by atoms with E-state index in [1.807, 2.05) is 61.5 Å². The Morgan fingerprint density at radius 1 is 0.966 bits per heavy atom. The molecule has 2 amide bonds. The molecule has 29 heavy (non-hydrogen) atoms. The minimum atomic E-state index is -0.159. The van der Waals surface area contributed by atoms with Crippen LogP contribution < -0.4 is 15.1 Å². The van der Waals surface area contributed by atoms with Crippen LogP contribution in [0.1, 0.15) is 41.5 Å². The van der Waals surface area contributed by atoms with Crippen molar-refractivity contribution < 1.29 is 9.59 Å². The molecule has 3 aromatic carbocycles. The third-order valence-corrected chi connectivity index (χ3v) is 5.61. The van der Waals surface area contributed by atoms with E-state index in [0.29, 0.717) is 23.4 Å². The van der Waals surface area contributed by atoms with Crippen molar-refractivity contribution in [3.8, 4) is 0 Å². The summed E-state index contributed by atoms with van der Waals surface area (Å²) in [4.78, 5) is 29.5. The molecule has 0 saturated heterocycles. The molecule has 4 rings (SSSR count). The van der Waals surface area contributed by atoms with Gasteiger partial charge >= 0.3 is 0 Å². The molecule has 0 saturated carbocycles. The lowest BCUT2D eigenvalue weighted by Gasteiger charge is -2.21. The van der Waals surface area contributed by atoms with E-state index in [0.717, 1.165) is 35.2 Å². The van der Waals surface area contributed by atoms with E-state index in [1.165, 1.54) is 0 Å². The lowest BCUT2D eigenvalue weighted by molar-refractivity contribution is 0.0992. The molecule has 0 radical (unpaired) electrons. The maximum atomic E-state index is 12.8. The molecule has 0 bridgehead atoms. The van der Waals surface area contributed by atoms with Crippen LogP contribution in [0.4, 0.5) is 17.1 Å². The van der Waals surface area contributed by atoms with Crippen LogP contribution in [0.15, 0.2) is 54.6 Å². The second kappa shape index (κ2) is 7.59. The van der Waals surface area contributed by atoms with Crippen LogP contribution in [0, 0.1) is 0 Å². The fourth-order valence-electron chi connectivity index (χ4n) is 4.08. The number of nitrogens with one attached hydrogen (secondary N) is 1. The first kappa shape index (κ1) is 19.0. The Labute approximate surface area is 170 Å². The van der Waals surface area contributed by atoms with Crippen molar-refractivity contribution in [2.45, 2.75) is 20.8 Å². The zero-order chi connectivity index (χ0) is 20.5. The monoisotopic (exact) mass is 387 g/mol. The molecule has 0 unspecified atom stereocenters. The summed E-state index contributed by atoms with van der Waals surface area (Å²) >= 11 is 0. The van der Waals surface area contributed by atoms with Crippen molar-refractivity contribution in [3.63, 3.8) is 0 Å². The Morgan fingerprint density at radius 2 is 1.69 bits per heavy atom. The Bertz CT molecular complexity index is 1090. The van der Waals surface area contributed by atoms with E-state index >= 15 is 0 Å². The summed E-state index contributed by atoms with van der Waals surface area (Å²) in [5.41, 5.74) is 4.03. The van der Waals surface area contributed by atoms with Crippen LogP contribution in [0.3, 0.4) is 0 Å². The van der Waals surface area contributed by atoms with Gasteiger partial charge < -0.3 is 15.1 Å². The van der Waals surface area contributed by atoms with Crippen molar-refractivity contribution >= 4 is 39.6 Å².